The number of allylic oxidation sites excluding steroid dienone is 8. The minimum absolute atomic E-state index is 0.0659. The van der Waals surface area contributed by atoms with Crippen LogP contribution in [0.4, 0.5) is 0 Å². The van der Waals surface area contributed by atoms with Gasteiger partial charge in [0.1, 0.15) is 13.2 Å². The van der Waals surface area contributed by atoms with E-state index in [0.29, 0.717) is 19.3 Å². The molecule has 0 saturated heterocycles. The molecule has 6 heteroatoms. The summed E-state index contributed by atoms with van der Waals surface area (Å²) in [5, 5.41) is 0. The standard InChI is InChI=1S/C73H134O6/c1-4-7-10-13-16-19-22-25-28-31-32-33-34-35-36-37-38-39-40-43-45-48-51-54-57-60-63-66-72(75)78-69-70(79-73(76)67-64-61-58-55-52-49-46-42-30-27-24-21-18-15-12-9-6-3)68-77-71(74)65-62-59-56-53-50-47-44-41-29-26-23-20-17-14-11-8-5-2/h7,10,16,19,25,28,32-33,70H,4-6,8-9,11-15,17-18,20-24,26-27,29-31,34-69H2,1-3H3/b10-7-,19-16-,28-25-,33-32-. The Kier molecular flexibility index (Phi) is 65.6. The van der Waals surface area contributed by atoms with Crippen molar-refractivity contribution in [3.8, 4) is 0 Å². The zero-order valence-electron chi connectivity index (χ0n) is 53.2. The molecule has 0 aliphatic heterocycles. The first kappa shape index (κ1) is 76.4. The predicted molar refractivity (Wildman–Crippen MR) is 344 cm³/mol. The Bertz CT molecular complexity index is 1360. The molecule has 0 fully saturated rings. The number of rotatable bonds is 65. The van der Waals surface area contributed by atoms with E-state index in [1.165, 1.54) is 257 Å². The third kappa shape index (κ3) is 66.1. The molecular formula is C73H134O6. The molecule has 79 heavy (non-hydrogen) atoms. The van der Waals surface area contributed by atoms with Crippen LogP contribution in [0.1, 0.15) is 380 Å². The van der Waals surface area contributed by atoms with Crippen molar-refractivity contribution < 1.29 is 28.6 Å². The van der Waals surface area contributed by atoms with Crippen LogP contribution in [0.3, 0.4) is 0 Å². The highest BCUT2D eigenvalue weighted by Crippen LogP contribution is 2.19. The lowest BCUT2D eigenvalue weighted by atomic mass is 10.0. The molecule has 0 aliphatic rings. The highest BCUT2D eigenvalue weighted by atomic mass is 16.6. The summed E-state index contributed by atoms with van der Waals surface area (Å²) >= 11 is 0. The first-order valence-electron chi connectivity index (χ1n) is 35.1. The largest absolute Gasteiger partial charge is 0.462 e. The van der Waals surface area contributed by atoms with Crippen LogP contribution in [0.5, 0.6) is 0 Å². The van der Waals surface area contributed by atoms with Gasteiger partial charge in [-0.15, -0.1) is 0 Å². The van der Waals surface area contributed by atoms with Gasteiger partial charge in [0, 0.05) is 19.3 Å². The van der Waals surface area contributed by atoms with Crippen molar-refractivity contribution >= 4 is 17.9 Å². The first-order valence-corrected chi connectivity index (χ1v) is 35.1. The first-order chi connectivity index (χ1) is 39.0. The van der Waals surface area contributed by atoms with E-state index in [1.54, 1.807) is 0 Å². The van der Waals surface area contributed by atoms with Crippen molar-refractivity contribution in [2.24, 2.45) is 0 Å². The van der Waals surface area contributed by atoms with Crippen molar-refractivity contribution in [2.75, 3.05) is 13.2 Å². The maximum absolute atomic E-state index is 12.9. The molecule has 0 amide bonds. The van der Waals surface area contributed by atoms with Gasteiger partial charge in [0.15, 0.2) is 6.10 Å². The summed E-state index contributed by atoms with van der Waals surface area (Å²) in [7, 11) is 0. The summed E-state index contributed by atoms with van der Waals surface area (Å²) in [6, 6.07) is 0. The van der Waals surface area contributed by atoms with Crippen molar-refractivity contribution in [3.63, 3.8) is 0 Å². The Morgan fingerprint density at radius 2 is 0.494 bits per heavy atom. The van der Waals surface area contributed by atoms with Crippen LogP contribution in [0.2, 0.25) is 0 Å². The Labute approximate surface area is 492 Å². The van der Waals surface area contributed by atoms with Gasteiger partial charge in [-0.05, 0) is 57.8 Å². The molecule has 0 aliphatic carbocycles. The van der Waals surface area contributed by atoms with E-state index in [0.717, 1.165) is 83.5 Å². The minimum atomic E-state index is -0.770. The number of hydrogen-bond acceptors (Lipinski definition) is 6. The quantitative estimate of drug-likeness (QED) is 0.0261. The normalized spacial score (nSPS) is 12.3. The van der Waals surface area contributed by atoms with E-state index in [-0.39, 0.29) is 31.1 Å². The highest BCUT2D eigenvalue weighted by molar-refractivity contribution is 5.71. The third-order valence-corrected chi connectivity index (χ3v) is 15.8. The molecule has 0 saturated carbocycles. The number of esters is 3. The third-order valence-electron chi connectivity index (χ3n) is 15.8. The molecule has 0 rings (SSSR count). The number of ether oxygens (including phenoxy) is 3. The lowest BCUT2D eigenvalue weighted by molar-refractivity contribution is -0.167. The zero-order chi connectivity index (χ0) is 57.1. The number of carbonyl (C=O) groups is 3. The molecule has 0 bridgehead atoms. The Morgan fingerprint density at radius 3 is 0.772 bits per heavy atom. The van der Waals surface area contributed by atoms with Crippen molar-refractivity contribution in [1.82, 2.24) is 0 Å². The molecule has 0 spiro atoms. The van der Waals surface area contributed by atoms with E-state index in [2.05, 4.69) is 69.4 Å². The molecule has 0 radical (unpaired) electrons. The van der Waals surface area contributed by atoms with Crippen molar-refractivity contribution in [2.45, 2.75) is 386 Å². The second-order valence-corrected chi connectivity index (χ2v) is 23.8. The average molecular weight is 1110 g/mol. The minimum Gasteiger partial charge on any atom is -0.462 e. The van der Waals surface area contributed by atoms with E-state index >= 15 is 0 Å². The van der Waals surface area contributed by atoms with E-state index < -0.39 is 6.10 Å². The molecule has 0 aromatic heterocycles. The summed E-state index contributed by atoms with van der Waals surface area (Å²) in [6.07, 6.45) is 85.6. The topological polar surface area (TPSA) is 78.9 Å². The Morgan fingerprint density at radius 1 is 0.266 bits per heavy atom. The molecule has 0 aromatic rings. The summed E-state index contributed by atoms with van der Waals surface area (Å²) in [5.74, 6) is -0.835. The van der Waals surface area contributed by atoms with Crippen LogP contribution >= 0.6 is 0 Å². The van der Waals surface area contributed by atoms with Gasteiger partial charge in [0.05, 0.1) is 0 Å². The van der Waals surface area contributed by atoms with Gasteiger partial charge in [-0.3, -0.25) is 14.4 Å². The fourth-order valence-electron chi connectivity index (χ4n) is 10.6. The molecule has 1 unspecified atom stereocenters. The summed E-state index contributed by atoms with van der Waals surface area (Å²) in [6.45, 7) is 6.61. The van der Waals surface area contributed by atoms with Gasteiger partial charge in [0.2, 0.25) is 0 Å². The van der Waals surface area contributed by atoms with E-state index in [9.17, 15) is 14.4 Å². The lowest BCUT2D eigenvalue weighted by Gasteiger charge is -2.18. The molecule has 462 valence electrons. The lowest BCUT2D eigenvalue weighted by Crippen LogP contribution is -2.30. The van der Waals surface area contributed by atoms with E-state index in [4.69, 9.17) is 14.2 Å². The second kappa shape index (κ2) is 67.9. The maximum atomic E-state index is 12.9. The Hall–Kier alpha value is -2.63. The van der Waals surface area contributed by atoms with Crippen LogP contribution in [-0.4, -0.2) is 37.2 Å². The van der Waals surface area contributed by atoms with Crippen molar-refractivity contribution in [1.29, 1.82) is 0 Å². The van der Waals surface area contributed by atoms with Gasteiger partial charge in [-0.25, -0.2) is 0 Å². The van der Waals surface area contributed by atoms with Gasteiger partial charge >= 0.3 is 17.9 Å². The van der Waals surface area contributed by atoms with E-state index in [1.807, 2.05) is 0 Å². The van der Waals surface area contributed by atoms with Crippen LogP contribution in [0.15, 0.2) is 48.6 Å². The smallest absolute Gasteiger partial charge is 0.306 e. The highest BCUT2D eigenvalue weighted by Gasteiger charge is 2.19. The summed E-state index contributed by atoms with van der Waals surface area (Å²) in [5.41, 5.74) is 0. The van der Waals surface area contributed by atoms with Gasteiger partial charge in [0.25, 0.3) is 0 Å². The Balaban J connectivity index is 4.25. The SMILES string of the molecule is CC/C=C\C/C=C\C/C=C\C/C=C\CCCCCCCCCCCCCCCCC(=O)OCC(COC(=O)CCCCCCCCCCCCCCCCCCC)OC(=O)CCCCCCCCCCCCCCCCCCC. The fourth-order valence-corrected chi connectivity index (χ4v) is 10.6. The monoisotopic (exact) mass is 1110 g/mol. The van der Waals surface area contributed by atoms with Crippen LogP contribution in [-0.2, 0) is 28.6 Å². The predicted octanol–water partition coefficient (Wildman–Crippen LogP) is 24.1. The average Bonchev–Trinajstić information content (AvgIpc) is 3.45. The second-order valence-electron chi connectivity index (χ2n) is 23.8. The maximum Gasteiger partial charge on any atom is 0.306 e. The molecule has 0 aromatic carbocycles. The van der Waals surface area contributed by atoms with Gasteiger partial charge < -0.3 is 14.2 Å². The van der Waals surface area contributed by atoms with Crippen molar-refractivity contribution in [3.05, 3.63) is 48.6 Å². The van der Waals surface area contributed by atoms with Crippen LogP contribution in [0, 0.1) is 0 Å². The van der Waals surface area contributed by atoms with Crippen LogP contribution < -0.4 is 0 Å². The number of unbranched alkanes of at least 4 members (excludes halogenated alkanes) is 46. The number of carbonyl (C=O) groups excluding carboxylic acids is 3. The summed E-state index contributed by atoms with van der Waals surface area (Å²) < 4.78 is 17.0. The molecule has 1 atom stereocenters. The molecule has 6 nitrogen and oxygen atoms in total. The number of hydrogen-bond donors (Lipinski definition) is 0. The summed E-state index contributed by atoms with van der Waals surface area (Å²) in [4.78, 5) is 38.4. The molecule has 0 heterocycles. The van der Waals surface area contributed by atoms with Crippen LogP contribution in [0.25, 0.3) is 0 Å². The van der Waals surface area contributed by atoms with Gasteiger partial charge in [-0.2, -0.15) is 0 Å². The fraction of sp³-hybridized carbons (Fsp3) is 0.849. The van der Waals surface area contributed by atoms with Gasteiger partial charge in [-0.1, -0.05) is 352 Å². The molecular weight excluding hydrogens is 973 g/mol. The zero-order valence-corrected chi connectivity index (χ0v) is 53.2. The molecule has 0 N–H and O–H groups in total.